The van der Waals surface area contributed by atoms with Gasteiger partial charge in [0, 0.05) is 17.7 Å². The van der Waals surface area contributed by atoms with E-state index in [1.807, 2.05) is 0 Å². The summed E-state index contributed by atoms with van der Waals surface area (Å²) in [7, 11) is 0. The van der Waals surface area contributed by atoms with Crippen molar-refractivity contribution in [1.82, 2.24) is 5.32 Å². The molecule has 0 saturated carbocycles. The lowest BCUT2D eigenvalue weighted by Gasteiger charge is -2.13. The van der Waals surface area contributed by atoms with Crippen LogP contribution in [-0.2, 0) is 16.0 Å². The summed E-state index contributed by atoms with van der Waals surface area (Å²) in [6.07, 6.45) is 2.23. The van der Waals surface area contributed by atoms with Crippen LogP contribution in [0.1, 0.15) is 42.1 Å². The van der Waals surface area contributed by atoms with Crippen molar-refractivity contribution in [3.05, 3.63) is 29.3 Å². The van der Waals surface area contributed by atoms with Crippen LogP contribution >= 0.6 is 0 Å². The molecule has 0 aromatic heterocycles. The molecule has 1 aromatic carbocycles. The van der Waals surface area contributed by atoms with Gasteiger partial charge in [0.15, 0.2) is 0 Å². The number of amides is 2. The third-order valence-corrected chi connectivity index (χ3v) is 3.50. The quantitative estimate of drug-likeness (QED) is 0.784. The zero-order chi connectivity index (χ0) is 15.4. The van der Waals surface area contributed by atoms with Crippen LogP contribution in [0, 0.1) is 0 Å². The molecule has 0 fully saturated rings. The number of aliphatic carboxylic acids is 1. The molecule has 0 spiro atoms. The third-order valence-electron chi connectivity index (χ3n) is 3.50. The minimum atomic E-state index is -1.05. The molecule has 0 aliphatic carbocycles. The molecule has 0 radical (unpaired) electrons. The molecule has 2 rings (SSSR count). The Labute approximate surface area is 122 Å². The average molecular weight is 290 g/mol. The highest BCUT2D eigenvalue weighted by atomic mass is 16.4. The summed E-state index contributed by atoms with van der Waals surface area (Å²) >= 11 is 0. The van der Waals surface area contributed by atoms with Crippen LogP contribution in [0.15, 0.2) is 18.2 Å². The van der Waals surface area contributed by atoms with Gasteiger partial charge in [0.1, 0.15) is 6.04 Å². The van der Waals surface area contributed by atoms with Gasteiger partial charge in [-0.25, -0.2) is 4.79 Å². The second-order valence-electron chi connectivity index (χ2n) is 5.05. The largest absolute Gasteiger partial charge is 0.480 e. The van der Waals surface area contributed by atoms with Gasteiger partial charge in [-0.1, -0.05) is 6.92 Å². The number of hydrogen-bond donors (Lipinski definition) is 3. The maximum absolute atomic E-state index is 12.1. The lowest BCUT2D eigenvalue weighted by molar-refractivity contribution is -0.139. The summed E-state index contributed by atoms with van der Waals surface area (Å²) in [6, 6.07) is 4.10. The lowest BCUT2D eigenvalue weighted by atomic mass is 10.0. The van der Waals surface area contributed by atoms with Gasteiger partial charge < -0.3 is 15.7 Å². The van der Waals surface area contributed by atoms with Gasteiger partial charge in [0.05, 0.1) is 0 Å². The molecule has 6 heteroatoms. The SMILES string of the molecule is CCC(NC(=O)c1ccc2c(c1)CCCC(=O)N2)C(=O)O. The number of carboxylic acid groups (broad SMARTS) is 1. The van der Waals surface area contributed by atoms with E-state index in [2.05, 4.69) is 10.6 Å². The topological polar surface area (TPSA) is 95.5 Å². The summed E-state index contributed by atoms with van der Waals surface area (Å²) in [5, 5.41) is 14.2. The molecule has 1 aliphatic rings. The van der Waals surface area contributed by atoms with Crippen LogP contribution in [0.2, 0.25) is 0 Å². The Morgan fingerprint density at radius 3 is 2.81 bits per heavy atom. The maximum Gasteiger partial charge on any atom is 0.326 e. The molecule has 6 nitrogen and oxygen atoms in total. The van der Waals surface area contributed by atoms with Crippen molar-refractivity contribution in [3.8, 4) is 0 Å². The summed E-state index contributed by atoms with van der Waals surface area (Å²) in [4.78, 5) is 34.5. The molecule has 1 aromatic rings. The van der Waals surface area contributed by atoms with Gasteiger partial charge in [-0.15, -0.1) is 0 Å². The highest BCUT2D eigenvalue weighted by Crippen LogP contribution is 2.23. The molecule has 0 bridgehead atoms. The summed E-state index contributed by atoms with van der Waals surface area (Å²) < 4.78 is 0. The van der Waals surface area contributed by atoms with Crippen molar-refractivity contribution in [3.63, 3.8) is 0 Å². The predicted molar refractivity (Wildman–Crippen MR) is 77.2 cm³/mol. The molecule has 2 amide bonds. The maximum atomic E-state index is 12.1. The van der Waals surface area contributed by atoms with Gasteiger partial charge in [0.25, 0.3) is 5.91 Å². The molecule has 1 aliphatic heterocycles. The molecular formula is C15H18N2O4. The first-order chi connectivity index (χ1) is 10.0. The Morgan fingerprint density at radius 1 is 1.38 bits per heavy atom. The standard InChI is InChI=1S/C15H18N2O4/c1-2-11(15(20)21)17-14(19)10-6-7-12-9(8-10)4-3-5-13(18)16-12/h6-8,11H,2-5H2,1H3,(H,16,18)(H,17,19)(H,20,21). The first kappa shape index (κ1) is 15.0. The van der Waals surface area contributed by atoms with Crippen molar-refractivity contribution in [2.75, 3.05) is 5.32 Å². The first-order valence-electron chi connectivity index (χ1n) is 6.97. The number of fused-ring (bicyclic) bond motifs is 1. The first-order valence-corrected chi connectivity index (χ1v) is 6.97. The number of nitrogens with one attached hydrogen (secondary N) is 2. The van der Waals surface area contributed by atoms with E-state index in [1.165, 1.54) is 0 Å². The zero-order valence-corrected chi connectivity index (χ0v) is 11.8. The normalized spacial score (nSPS) is 15.4. The number of benzene rings is 1. The van der Waals surface area contributed by atoms with Gasteiger partial charge in [-0.2, -0.15) is 0 Å². The average Bonchev–Trinajstić information content (AvgIpc) is 2.63. The molecule has 1 atom stereocenters. The van der Waals surface area contributed by atoms with Crippen LogP contribution < -0.4 is 10.6 Å². The fourth-order valence-electron chi connectivity index (χ4n) is 2.30. The molecule has 3 N–H and O–H groups in total. The van der Waals surface area contributed by atoms with E-state index in [9.17, 15) is 14.4 Å². The molecule has 1 unspecified atom stereocenters. The van der Waals surface area contributed by atoms with Crippen molar-refractivity contribution < 1.29 is 19.5 Å². The Hall–Kier alpha value is -2.37. The number of carboxylic acids is 1. The monoisotopic (exact) mass is 290 g/mol. The minimum Gasteiger partial charge on any atom is -0.480 e. The fraction of sp³-hybridized carbons (Fsp3) is 0.400. The van der Waals surface area contributed by atoms with E-state index in [-0.39, 0.29) is 5.91 Å². The molecular weight excluding hydrogens is 272 g/mol. The molecule has 112 valence electrons. The number of carbonyl (C=O) groups excluding carboxylic acids is 2. The van der Waals surface area contributed by atoms with E-state index in [0.29, 0.717) is 24.8 Å². The van der Waals surface area contributed by atoms with E-state index >= 15 is 0 Å². The van der Waals surface area contributed by atoms with Crippen molar-refractivity contribution in [2.24, 2.45) is 0 Å². The third kappa shape index (κ3) is 3.59. The van der Waals surface area contributed by atoms with Crippen LogP contribution in [0.3, 0.4) is 0 Å². The van der Waals surface area contributed by atoms with E-state index in [0.717, 1.165) is 17.7 Å². The highest BCUT2D eigenvalue weighted by molar-refractivity contribution is 5.98. The molecule has 0 saturated heterocycles. The van der Waals surface area contributed by atoms with Gasteiger partial charge >= 0.3 is 5.97 Å². The Morgan fingerprint density at radius 2 is 2.14 bits per heavy atom. The van der Waals surface area contributed by atoms with Crippen LogP contribution in [0.25, 0.3) is 0 Å². The van der Waals surface area contributed by atoms with E-state index < -0.39 is 17.9 Å². The second-order valence-corrected chi connectivity index (χ2v) is 5.05. The Kier molecular flexibility index (Phi) is 4.57. The van der Waals surface area contributed by atoms with E-state index in [4.69, 9.17) is 5.11 Å². The zero-order valence-electron chi connectivity index (χ0n) is 11.8. The molecule has 1 heterocycles. The van der Waals surface area contributed by atoms with Gasteiger partial charge in [-0.05, 0) is 43.0 Å². The predicted octanol–water partition coefficient (Wildman–Crippen LogP) is 1.55. The fourth-order valence-corrected chi connectivity index (χ4v) is 2.30. The highest BCUT2D eigenvalue weighted by Gasteiger charge is 2.20. The number of anilines is 1. The van der Waals surface area contributed by atoms with Crippen LogP contribution in [0.4, 0.5) is 5.69 Å². The summed E-state index contributed by atoms with van der Waals surface area (Å²) in [6.45, 7) is 1.70. The Bertz CT molecular complexity index is 583. The van der Waals surface area contributed by atoms with E-state index in [1.54, 1.807) is 25.1 Å². The summed E-state index contributed by atoms with van der Waals surface area (Å²) in [5.74, 6) is -1.49. The molecule has 21 heavy (non-hydrogen) atoms. The number of hydrogen-bond acceptors (Lipinski definition) is 3. The minimum absolute atomic E-state index is 0.0251. The number of aryl methyl sites for hydroxylation is 1. The van der Waals surface area contributed by atoms with Crippen LogP contribution in [0.5, 0.6) is 0 Å². The summed E-state index contributed by atoms with van der Waals surface area (Å²) in [5.41, 5.74) is 2.03. The van der Waals surface area contributed by atoms with Gasteiger partial charge in [0.2, 0.25) is 5.91 Å². The van der Waals surface area contributed by atoms with Crippen molar-refractivity contribution in [2.45, 2.75) is 38.6 Å². The van der Waals surface area contributed by atoms with Gasteiger partial charge in [-0.3, -0.25) is 9.59 Å². The number of carbonyl (C=O) groups is 3. The smallest absolute Gasteiger partial charge is 0.326 e. The lowest BCUT2D eigenvalue weighted by Crippen LogP contribution is -2.40. The number of rotatable bonds is 4. The van der Waals surface area contributed by atoms with Crippen molar-refractivity contribution in [1.29, 1.82) is 0 Å². The van der Waals surface area contributed by atoms with Crippen molar-refractivity contribution >= 4 is 23.5 Å². The van der Waals surface area contributed by atoms with Crippen LogP contribution in [-0.4, -0.2) is 28.9 Å². The second kappa shape index (κ2) is 6.39. The Balaban J connectivity index is 2.18.